The smallest absolute Gasteiger partial charge is 0.267 e. The Bertz CT molecular complexity index is 583. The van der Waals surface area contributed by atoms with Crippen molar-refractivity contribution in [3.8, 4) is 0 Å². The van der Waals surface area contributed by atoms with Crippen molar-refractivity contribution in [3.63, 3.8) is 0 Å². The van der Waals surface area contributed by atoms with Gasteiger partial charge in [-0.1, -0.05) is 0 Å². The summed E-state index contributed by atoms with van der Waals surface area (Å²) < 4.78 is 13.0. The van der Waals surface area contributed by atoms with Gasteiger partial charge in [-0.25, -0.2) is 4.39 Å². The molecule has 2 aromatic rings. The molecule has 0 aliphatic rings. The molecule has 1 aromatic heterocycles. The van der Waals surface area contributed by atoms with Crippen LogP contribution in [-0.4, -0.2) is 23.0 Å². The second-order valence-electron chi connectivity index (χ2n) is 5.09. The summed E-state index contributed by atoms with van der Waals surface area (Å²) in [5.74, 6) is -0.579. The van der Waals surface area contributed by atoms with Crippen LogP contribution in [0.4, 0.5) is 4.39 Å². The maximum Gasteiger partial charge on any atom is 0.267 e. The molecule has 0 saturated carbocycles. The Kier molecular flexibility index (Phi) is 3.09. The molecule has 0 unspecified atom stereocenters. The van der Waals surface area contributed by atoms with E-state index in [9.17, 15) is 9.18 Å². The van der Waals surface area contributed by atoms with Crippen LogP contribution in [0, 0.1) is 5.82 Å². The summed E-state index contributed by atoms with van der Waals surface area (Å²) in [6, 6.07) is 6.04. The topological polar surface area (TPSA) is 70.9 Å². The number of H-pyrrole nitrogens is 1. The van der Waals surface area contributed by atoms with E-state index in [0.717, 1.165) is 5.39 Å². The Balaban J connectivity index is 2.18. The fourth-order valence-electron chi connectivity index (χ4n) is 1.62. The van der Waals surface area contributed by atoms with Gasteiger partial charge in [-0.05, 0) is 38.1 Å². The van der Waals surface area contributed by atoms with Crippen molar-refractivity contribution >= 4 is 16.8 Å². The molecule has 0 aliphatic heterocycles. The molecule has 0 atom stereocenters. The molecule has 1 aromatic carbocycles. The van der Waals surface area contributed by atoms with E-state index in [1.807, 2.05) is 13.8 Å². The number of nitrogens with one attached hydrogen (secondary N) is 2. The van der Waals surface area contributed by atoms with Gasteiger partial charge in [0.2, 0.25) is 0 Å². The predicted octanol–water partition coefficient (Wildman–Crippen LogP) is 1.77. The number of fused-ring (bicyclic) bond motifs is 1. The number of aromatic nitrogens is 1. The zero-order valence-electron chi connectivity index (χ0n) is 10.4. The van der Waals surface area contributed by atoms with Gasteiger partial charge in [0.15, 0.2) is 0 Å². The molecule has 4 nitrogen and oxygen atoms in total. The summed E-state index contributed by atoms with van der Waals surface area (Å²) >= 11 is 0. The van der Waals surface area contributed by atoms with Crippen molar-refractivity contribution in [3.05, 3.63) is 35.8 Å². The number of rotatable bonds is 3. The van der Waals surface area contributed by atoms with Crippen molar-refractivity contribution in [2.75, 3.05) is 6.54 Å². The number of aromatic amines is 1. The van der Waals surface area contributed by atoms with Crippen molar-refractivity contribution in [1.82, 2.24) is 10.3 Å². The van der Waals surface area contributed by atoms with E-state index in [2.05, 4.69) is 10.3 Å². The van der Waals surface area contributed by atoms with Gasteiger partial charge < -0.3 is 16.0 Å². The number of carbonyl (C=O) groups is 1. The first-order chi connectivity index (χ1) is 8.35. The van der Waals surface area contributed by atoms with Gasteiger partial charge in [0.05, 0.1) is 0 Å². The van der Waals surface area contributed by atoms with Crippen LogP contribution in [0.15, 0.2) is 24.3 Å². The first-order valence-electron chi connectivity index (χ1n) is 5.70. The van der Waals surface area contributed by atoms with Gasteiger partial charge in [-0.15, -0.1) is 0 Å². The number of hydrogen-bond donors (Lipinski definition) is 3. The van der Waals surface area contributed by atoms with Crippen molar-refractivity contribution in [2.24, 2.45) is 5.73 Å². The minimum absolute atomic E-state index is 0.245. The van der Waals surface area contributed by atoms with E-state index in [1.54, 1.807) is 12.1 Å². The Morgan fingerprint density at radius 1 is 1.44 bits per heavy atom. The normalized spacial score (nSPS) is 11.8. The number of carbonyl (C=O) groups excluding carboxylic acids is 1. The molecule has 2 rings (SSSR count). The summed E-state index contributed by atoms with van der Waals surface area (Å²) in [6.07, 6.45) is 0. The van der Waals surface area contributed by atoms with E-state index in [4.69, 9.17) is 5.73 Å². The second kappa shape index (κ2) is 4.42. The SMILES string of the molecule is CC(C)(N)CNC(=O)c1cc2ccc(F)cc2[nH]1. The van der Waals surface area contributed by atoms with Gasteiger partial charge in [0, 0.05) is 23.0 Å². The summed E-state index contributed by atoms with van der Waals surface area (Å²) in [4.78, 5) is 14.7. The van der Waals surface area contributed by atoms with E-state index >= 15 is 0 Å². The molecule has 1 amide bonds. The van der Waals surface area contributed by atoms with Crippen LogP contribution in [0.2, 0.25) is 0 Å². The monoisotopic (exact) mass is 249 g/mol. The third-order valence-corrected chi connectivity index (χ3v) is 2.53. The zero-order chi connectivity index (χ0) is 13.3. The largest absolute Gasteiger partial charge is 0.350 e. The standard InChI is InChI=1S/C13H16FN3O/c1-13(2,15)7-16-12(18)11-5-8-3-4-9(14)6-10(8)17-11/h3-6,17H,7,15H2,1-2H3,(H,16,18). The summed E-state index contributed by atoms with van der Waals surface area (Å²) in [7, 11) is 0. The first-order valence-corrected chi connectivity index (χ1v) is 5.70. The molecule has 0 spiro atoms. The van der Waals surface area contributed by atoms with Gasteiger partial charge in [0.25, 0.3) is 5.91 Å². The number of amides is 1. The van der Waals surface area contributed by atoms with Crippen molar-refractivity contribution in [1.29, 1.82) is 0 Å². The van der Waals surface area contributed by atoms with Crippen molar-refractivity contribution in [2.45, 2.75) is 19.4 Å². The van der Waals surface area contributed by atoms with Crippen LogP contribution in [0.1, 0.15) is 24.3 Å². The minimum atomic E-state index is -0.465. The third kappa shape index (κ3) is 2.87. The molecule has 96 valence electrons. The average molecular weight is 249 g/mol. The first kappa shape index (κ1) is 12.6. The highest BCUT2D eigenvalue weighted by atomic mass is 19.1. The highest BCUT2D eigenvalue weighted by Crippen LogP contribution is 2.16. The Morgan fingerprint density at radius 2 is 2.17 bits per heavy atom. The van der Waals surface area contributed by atoms with Crippen LogP contribution in [0.5, 0.6) is 0 Å². The third-order valence-electron chi connectivity index (χ3n) is 2.53. The van der Waals surface area contributed by atoms with Gasteiger partial charge >= 0.3 is 0 Å². The Labute approximate surface area is 104 Å². The molecular weight excluding hydrogens is 233 g/mol. The van der Waals surface area contributed by atoms with E-state index in [0.29, 0.717) is 17.8 Å². The van der Waals surface area contributed by atoms with Crippen LogP contribution in [0.3, 0.4) is 0 Å². The zero-order valence-corrected chi connectivity index (χ0v) is 10.4. The number of nitrogens with two attached hydrogens (primary N) is 1. The van der Waals surface area contributed by atoms with Crippen molar-refractivity contribution < 1.29 is 9.18 Å². The van der Waals surface area contributed by atoms with Crippen LogP contribution in [-0.2, 0) is 0 Å². The van der Waals surface area contributed by atoms with Crippen LogP contribution < -0.4 is 11.1 Å². The molecule has 1 heterocycles. The predicted molar refractivity (Wildman–Crippen MR) is 68.9 cm³/mol. The fourth-order valence-corrected chi connectivity index (χ4v) is 1.62. The Hall–Kier alpha value is -1.88. The lowest BCUT2D eigenvalue weighted by atomic mass is 10.1. The minimum Gasteiger partial charge on any atom is -0.350 e. The van der Waals surface area contributed by atoms with Gasteiger partial charge in [-0.3, -0.25) is 4.79 Å². The number of benzene rings is 1. The molecule has 0 saturated heterocycles. The highest BCUT2D eigenvalue weighted by Gasteiger charge is 2.14. The summed E-state index contributed by atoms with van der Waals surface area (Å²) in [6.45, 7) is 4.03. The molecule has 0 bridgehead atoms. The average Bonchev–Trinajstić information content (AvgIpc) is 2.67. The summed E-state index contributed by atoms with van der Waals surface area (Å²) in [5, 5.41) is 3.53. The quantitative estimate of drug-likeness (QED) is 0.775. The summed E-state index contributed by atoms with van der Waals surface area (Å²) in [5.41, 5.74) is 6.32. The second-order valence-corrected chi connectivity index (χ2v) is 5.09. The van der Waals surface area contributed by atoms with Gasteiger partial charge in [0.1, 0.15) is 11.5 Å². The molecular formula is C13H16FN3O. The van der Waals surface area contributed by atoms with Crippen LogP contribution in [0.25, 0.3) is 10.9 Å². The Morgan fingerprint density at radius 3 is 2.83 bits per heavy atom. The molecule has 0 aliphatic carbocycles. The molecule has 0 fully saturated rings. The molecule has 5 heteroatoms. The van der Waals surface area contributed by atoms with Gasteiger partial charge in [-0.2, -0.15) is 0 Å². The molecule has 4 N–H and O–H groups in total. The van der Waals surface area contributed by atoms with Crippen LogP contribution >= 0.6 is 0 Å². The number of halogens is 1. The maximum absolute atomic E-state index is 13.0. The lowest BCUT2D eigenvalue weighted by Gasteiger charge is -2.18. The fraction of sp³-hybridized carbons (Fsp3) is 0.308. The lowest BCUT2D eigenvalue weighted by Crippen LogP contribution is -2.45. The molecule has 0 radical (unpaired) electrons. The van der Waals surface area contributed by atoms with E-state index in [1.165, 1.54) is 12.1 Å². The lowest BCUT2D eigenvalue weighted by molar-refractivity contribution is 0.0942. The number of hydrogen-bond acceptors (Lipinski definition) is 2. The highest BCUT2D eigenvalue weighted by molar-refractivity contribution is 5.98. The maximum atomic E-state index is 13.0. The molecule has 18 heavy (non-hydrogen) atoms. The van der Waals surface area contributed by atoms with E-state index < -0.39 is 5.54 Å². The van der Waals surface area contributed by atoms with E-state index in [-0.39, 0.29) is 11.7 Å².